The zero-order valence-corrected chi connectivity index (χ0v) is 11.5. The maximum absolute atomic E-state index is 12.5. The van der Waals surface area contributed by atoms with E-state index in [0.717, 1.165) is 24.2 Å². The Morgan fingerprint density at radius 2 is 2.00 bits per heavy atom. The number of piperidine rings is 2. The Morgan fingerprint density at radius 1 is 1.22 bits per heavy atom. The van der Waals surface area contributed by atoms with Gasteiger partial charge in [0.25, 0.3) is 0 Å². The van der Waals surface area contributed by atoms with Gasteiger partial charge >= 0.3 is 0 Å². The number of nitrogens with zero attached hydrogens (tertiary/aromatic N) is 1. The first-order valence-corrected chi connectivity index (χ1v) is 7.99. The van der Waals surface area contributed by atoms with Crippen LogP contribution in [0.1, 0.15) is 51.9 Å². The quantitative estimate of drug-likeness (QED) is 0.656. The van der Waals surface area contributed by atoms with E-state index in [9.17, 15) is 4.79 Å². The molecule has 5 atom stereocenters. The summed E-state index contributed by atoms with van der Waals surface area (Å²) in [5, 5.41) is 0. The standard InChI is InChI=1S/C16H25NO/c1-11-8-12-9-15(18)14-5-3-7-17-6-2-4-13(12)16(14,17)10-11/h11-14H,2-10H2,1H3/t11-,12+,13+,14+,16+/m1/s1. The summed E-state index contributed by atoms with van der Waals surface area (Å²) >= 11 is 0. The van der Waals surface area contributed by atoms with Gasteiger partial charge in [-0.05, 0) is 69.4 Å². The third kappa shape index (κ3) is 1.31. The number of hydrogen-bond acceptors (Lipinski definition) is 2. The van der Waals surface area contributed by atoms with Crippen molar-refractivity contribution in [2.45, 2.75) is 57.4 Å². The van der Waals surface area contributed by atoms with Gasteiger partial charge in [-0.15, -0.1) is 0 Å². The monoisotopic (exact) mass is 247 g/mol. The Balaban J connectivity index is 1.82. The van der Waals surface area contributed by atoms with Crippen molar-refractivity contribution >= 4 is 5.78 Å². The number of carbonyl (C=O) groups is 1. The van der Waals surface area contributed by atoms with E-state index in [1.807, 2.05) is 0 Å². The van der Waals surface area contributed by atoms with Gasteiger partial charge in [0, 0.05) is 17.9 Å². The molecule has 0 aromatic carbocycles. The summed E-state index contributed by atoms with van der Waals surface area (Å²) in [4.78, 5) is 15.3. The van der Waals surface area contributed by atoms with Crippen LogP contribution in [0.4, 0.5) is 0 Å². The second-order valence-corrected chi connectivity index (χ2v) is 7.40. The van der Waals surface area contributed by atoms with Crippen molar-refractivity contribution in [3.63, 3.8) is 0 Å². The molecule has 2 saturated heterocycles. The molecule has 100 valence electrons. The number of hydrogen-bond donors (Lipinski definition) is 0. The fraction of sp³-hybridized carbons (Fsp3) is 0.938. The van der Waals surface area contributed by atoms with Crippen LogP contribution < -0.4 is 0 Å². The van der Waals surface area contributed by atoms with Gasteiger partial charge in [-0.1, -0.05) is 6.92 Å². The van der Waals surface area contributed by atoms with E-state index in [2.05, 4.69) is 11.8 Å². The lowest BCUT2D eigenvalue weighted by Crippen LogP contribution is -2.71. The molecule has 4 aliphatic rings. The molecule has 0 aromatic rings. The average Bonchev–Trinajstić information content (AvgIpc) is 2.33. The van der Waals surface area contributed by atoms with Gasteiger partial charge in [-0.25, -0.2) is 0 Å². The minimum absolute atomic E-state index is 0.314. The highest BCUT2D eigenvalue weighted by molar-refractivity contribution is 5.84. The fourth-order valence-electron chi connectivity index (χ4n) is 6.18. The van der Waals surface area contributed by atoms with Crippen LogP contribution in [-0.4, -0.2) is 29.3 Å². The summed E-state index contributed by atoms with van der Waals surface area (Å²) in [6, 6.07) is 0. The van der Waals surface area contributed by atoms with Crippen LogP contribution in [0.5, 0.6) is 0 Å². The summed E-state index contributed by atoms with van der Waals surface area (Å²) < 4.78 is 0. The third-order valence-corrected chi connectivity index (χ3v) is 6.50. The van der Waals surface area contributed by atoms with Crippen molar-refractivity contribution in [1.29, 1.82) is 0 Å². The van der Waals surface area contributed by atoms with Crippen LogP contribution >= 0.6 is 0 Å². The van der Waals surface area contributed by atoms with Crippen molar-refractivity contribution in [2.24, 2.45) is 23.7 Å². The van der Waals surface area contributed by atoms with Crippen LogP contribution in [0.25, 0.3) is 0 Å². The highest BCUT2D eigenvalue weighted by Gasteiger charge is 2.62. The Morgan fingerprint density at radius 3 is 2.83 bits per heavy atom. The number of ketones is 1. The first kappa shape index (κ1) is 11.5. The van der Waals surface area contributed by atoms with Gasteiger partial charge in [-0.3, -0.25) is 9.69 Å². The Labute approximate surface area is 110 Å². The second-order valence-electron chi connectivity index (χ2n) is 7.40. The van der Waals surface area contributed by atoms with Gasteiger partial charge in [0.2, 0.25) is 0 Å². The smallest absolute Gasteiger partial charge is 0.138 e. The minimum Gasteiger partial charge on any atom is -0.299 e. The third-order valence-electron chi connectivity index (χ3n) is 6.50. The van der Waals surface area contributed by atoms with Gasteiger partial charge < -0.3 is 0 Å². The molecule has 2 aliphatic heterocycles. The molecule has 4 fully saturated rings. The topological polar surface area (TPSA) is 20.3 Å². The summed E-state index contributed by atoms with van der Waals surface area (Å²) in [6.07, 6.45) is 8.75. The predicted octanol–water partition coefficient (Wildman–Crippen LogP) is 2.87. The SMILES string of the molecule is C[C@@H]1C[C@H]2CC(=O)[C@@H]3CCCN4CCC[C@@H]2[C@@]34C1. The summed E-state index contributed by atoms with van der Waals surface area (Å²) in [7, 11) is 0. The Kier molecular flexibility index (Phi) is 2.43. The second kappa shape index (κ2) is 3.82. The molecule has 0 unspecified atom stereocenters. The zero-order chi connectivity index (χ0) is 12.3. The number of carbonyl (C=O) groups excluding carboxylic acids is 1. The maximum atomic E-state index is 12.5. The van der Waals surface area contributed by atoms with E-state index in [4.69, 9.17) is 0 Å². The first-order chi connectivity index (χ1) is 8.72. The van der Waals surface area contributed by atoms with Crippen LogP contribution in [0.3, 0.4) is 0 Å². The lowest BCUT2D eigenvalue weighted by Gasteiger charge is -2.65. The van der Waals surface area contributed by atoms with Gasteiger partial charge in [0.05, 0.1) is 0 Å². The summed E-state index contributed by atoms with van der Waals surface area (Å²) in [5.41, 5.74) is 0.314. The zero-order valence-electron chi connectivity index (χ0n) is 11.5. The largest absolute Gasteiger partial charge is 0.299 e. The Hall–Kier alpha value is -0.370. The molecule has 2 heterocycles. The average molecular weight is 247 g/mol. The molecular weight excluding hydrogens is 222 g/mol. The molecule has 2 nitrogen and oxygen atoms in total. The Bertz CT molecular complexity index is 377. The van der Waals surface area contributed by atoms with E-state index in [-0.39, 0.29) is 0 Å². The molecule has 2 heteroatoms. The van der Waals surface area contributed by atoms with E-state index in [1.54, 1.807) is 0 Å². The highest BCUT2D eigenvalue weighted by atomic mass is 16.1. The molecule has 0 aromatic heterocycles. The van der Waals surface area contributed by atoms with Gasteiger partial charge in [0.15, 0.2) is 0 Å². The molecule has 2 bridgehead atoms. The molecule has 2 saturated carbocycles. The summed E-state index contributed by atoms with van der Waals surface area (Å²) in [5.74, 6) is 3.43. The molecule has 1 spiro atoms. The molecule has 0 N–H and O–H groups in total. The van der Waals surface area contributed by atoms with Crippen LogP contribution in [0.15, 0.2) is 0 Å². The molecule has 2 aliphatic carbocycles. The molecular formula is C16H25NO. The van der Waals surface area contributed by atoms with Crippen molar-refractivity contribution in [3.8, 4) is 0 Å². The predicted molar refractivity (Wildman–Crippen MR) is 71.3 cm³/mol. The van der Waals surface area contributed by atoms with E-state index in [0.29, 0.717) is 17.2 Å². The maximum Gasteiger partial charge on any atom is 0.138 e. The number of Topliss-reactive ketones (excluding diaryl/α,β-unsaturated/α-hetero) is 1. The first-order valence-electron chi connectivity index (χ1n) is 7.99. The van der Waals surface area contributed by atoms with E-state index in [1.165, 1.54) is 51.6 Å². The number of rotatable bonds is 0. The van der Waals surface area contributed by atoms with E-state index < -0.39 is 0 Å². The van der Waals surface area contributed by atoms with Crippen LogP contribution in [0.2, 0.25) is 0 Å². The normalized spacial score (nSPS) is 51.9. The minimum atomic E-state index is 0.314. The van der Waals surface area contributed by atoms with Crippen molar-refractivity contribution in [1.82, 2.24) is 4.90 Å². The fourth-order valence-corrected chi connectivity index (χ4v) is 6.18. The highest BCUT2D eigenvalue weighted by Crippen LogP contribution is 2.59. The molecule has 0 amide bonds. The van der Waals surface area contributed by atoms with Crippen molar-refractivity contribution in [2.75, 3.05) is 13.1 Å². The van der Waals surface area contributed by atoms with Crippen LogP contribution in [-0.2, 0) is 4.79 Å². The van der Waals surface area contributed by atoms with Crippen LogP contribution in [0, 0.1) is 23.7 Å². The van der Waals surface area contributed by atoms with E-state index >= 15 is 0 Å². The summed E-state index contributed by atoms with van der Waals surface area (Å²) in [6.45, 7) is 4.95. The van der Waals surface area contributed by atoms with Crippen molar-refractivity contribution < 1.29 is 4.79 Å². The lowest BCUT2D eigenvalue weighted by atomic mass is 9.48. The molecule has 0 radical (unpaired) electrons. The van der Waals surface area contributed by atoms with Gasteiger partial charge in [-0.2, -0.15) is 0 Å². The van der Waals surface area contributed by atoms with Gasteiger partial charge in [0.1, 0.15) is 5.78 Å². The lowest BCUT2D eigenvalue weighted by molar-refractivity contribution is -0.172. The molecule has 18 heavy (non-hydrogen) atoms. The molecule has 4 rings (SSSR count). The van der Waals surface area contributed by atoms with Crippen molar-refractivity contribution in [3.05, 3.63) is 0 Å².